The van der Waals surface area contributed by atoms with Gasteiger partial charge in [-0.3, -0.25) is 0 Å². The van der Waals surface area contributed by atoms with Crippen molar-refractivity contribution >= 4 is 22.4 Å². The highest BCUT2D eigenvalue weighted by Crippen LogP contribution is 2.18. The van der Waals surface area contributed by atoms with Gasteiger partial charge in [0.25, 0.3) is 0 Å². The van der Waals surface area contributed by atoms with Crippen molar-refractivity contribution in [3.8, 4) is 5.75 Å². The fraction of sp³-hybridized carbons (Fsp3) is 0.571. The van der Waals surface area contributed by atoms with E-state index in [9.17, 15) is 8.42 Å². The Bertz CT molecular complexity index is 534. The minimum Gasteiger partial charge on any atom is -0.494 e. The van der Waals surface area contributed by atoms with Crippen molar-refractivity contribution < 1.29 is 13.2 Å². The number of sulfonamides is 1. The number of hydrogen-bond donors (Lipinski definition) is 2. The number of nitrogens with one attached hydrogen (secondary N) is 2. The number of rotatable bonds is 5. The maximum atomic E-state index is 12.3. The van der Waals surface area contributed by atoms with Gasteiger partial charge in [-0.1, -0.05) is 6.92 Å². The van der Waals surface area contributed by atoms with Gasteiger partial charge in [0, 0.05) is 12.6 Å². The molecule has 2 N–H and O–H groups in total. The van der Waals surface area contributed by atoms with Crippen molar-refractivity contribution in [2.45, 2.75) is 31.2 Å². The first-order chi connectivity index (χ1) is 9.53. The van der Waals surface area contributed by atoms with Crippen molar-refractivity contribution in [1.82, 2.24) is 10.0 Å². The first-order valence-electron chi connectivity index (χ1n) is 6.99. The maximum Gasteiger partial charge on any atom is 0.240 e. The van der Waals surface area contributed by atoms with E-state index in [0.29, 0.717) is 24.8 Å². The van der Waals surface area contributed by atoms with Gasteiger partial charge in [-0.15, -0.1) is 12.4 Å². The average molecular weight is 335 g/mol. The molecule has 1 aliphatic rings. The van der Waals surface area contributed by atoms with E-state index in [4.69, 9.17) is 4.74 Å². The quantitative estimate of drug-likeness (QED) is 0.861. The monoisotopic (exact) mass is 334 g/mol. The molecule has 1 aromatic rings. The molecule has 0 bridgehead atoms. The molecule has 0 aromatic heterocycles. The van der Waals surface area contributed by atoms with Gasteiger partial charge in [0.15, 0.2) is 0 Å². The van der Waals surface area contributed by atoms with E-state index in [1.807, 2.05) is 6.92 Å². The zero-order valence-electron chi connectivity index (χ0n) is 12.3. The van der Waals surface area contributed by atoms with E-state index in [1.54, 1.807) is 24.3 Å². The number of ether oxygens (including phenoxy) is 1. The number of halogens is 1. The zero-order chi connectivity index (χ0) is 14.6. The SMILES string of the molecule is CCOc1ccc(S(=O)(=O)NC2CNCCC2C)cc1.Cl. The molecule has 21 heavy (non-hydrogen) atoms. The van der Waals surface area contributed by atoms with Gasteiger partial charge in [-0.2, -0.15) is 0 Å². The summed E-state index contributed by atoms with van der Waals surface area (Å²) in [4.78, 5) is 0.277. The lowest BCUT2D eigenvalue weighted by atomic mass is 9.96. The lowest BCUT2D eigenvalue weighted by Gasteiger charge is -2.29. The zero-order valence-corrected chi connectivity index (χ0v) is 14.0. The highest BCUT2D eigenvalue weighted by molar-refractivity contribution is 7.89. The van der Waals surface area contributed by atoms with Gasteiger partial charge in [0.05, 0.1) is 11.5 Å². The molecule has 0 spiro atoms. The highest BCUT2D eigenvalue weighted by atomic mass is 35.5. The molecule has 0 amide bonds. The van der Waals surface area contributed by atoms with E-state index in [-0.39, 0.29) is 23.3 Å². The fourth-order valence-corrected chi connectivity index (χ4v) is 3.64. The molecular weight excluding hydrogens is 312 g/mol. The Hall–Kier alpha value is -0.820. The molecule has 2 rings (SSSR count). The maximum absolute atomic E-state index is 12.3. The van der Waals surface area contributed by atoms with E-state index >= 15 is 0 Å². The van der Waals surface area contributed by atoms with Gasteiger partial charge < -0.3 is 10.1 Å². The van der Waals surface area contributed by atoms with Crippen LogP contribution in [0.4, 0.5) is 0 Å². The van der Waals surface area contributed by atoms with E-state index < -0.39 is 10.0 Å². The Morgan fingerprint density at radius 2 is 2.00 bits per heavy atom. The summed E-state index contributed by atoms with van der Waals surface area (Å²) in [6.45, 7) is 6.16. The molecule has 120 valence electrons. The number of piperidine rings is 1. The second-order valence-electron chi connectivity index (χ2n) is 5.10. The molecule has 1 heterocycles. The Kier molecular flexibility index (Phi) is 6.93. The van der Waals surface area contributed by atoms with Crippen molar-refractivity contribution in [3.63, 3.8) is 0 Å². The lowest BCUT2D eigenvalue weighted by molar-refractivity contribution is 0.327. The third kappa shape index (κ3) is 4.85. The normalized spacial score (nSPS) is 22.4. The Balaban J connectivity index is 0.00000220. The average Bonchev–Trinajstić information content (AvgIpc) is 2.42. The largest absolute Gasteiger partial charge is 0.494 e. The minimum atomic E-state index is -3.47. The summed E-state index contributed by atoms with van der Waals surface area (Å²) >= 11 is 0. The predicted molar refractivity (Wildman–Crippen MR) is 85.6 cm³/mol. The highest BCUT2D eigenvalue weighted by Gasteiger charge is 2.26. The van der Waals surface area contributed by atoms with Gasteiger partial charge in [0.1, 0.15) is 5.75 Å². The molecule has 5 nitrogen and oxygen atoms in total. The molecule has 2 unspecified atom stereocenters. The Labute approximate surface area is 132 Å². The molecule has 0 radical (unpaired) electrons. The molecule has 1 saturated heterocycles. The van der Waals surface area contributed by atoms with Crippen LogP contribution in [0.15, 0.2) is 29.2 Å². The van der Waals surface area contributed by atoms with E-state index in [1.165, 1.54) is 0 Å². The van der Waals surface area contributed by atoms with Crippen LogP contribution < -0.4 is 14.8 Å². The van der Waals surface area contributed by atoms with E-state index in [0.717, 1.165) is 13.0 Å². The van der Waals surface area contributed by atoms with Crippen LogP contribution in [0.1, 0.15) is 20.3 Å². The second kappa shape index (κ2) is 7.98. The summed E-state index contributed by atoms with van der Waals surface area (Å²) in [7, 11) is -3.47. The number of hydrogen-bond acceptors (Lipinski definition) is 4. The number of benzene rings is 1. The van der Waals surface area contributed by atoms with Gasteiger partial charge in [0.2, 0.25) is 10.0 Å². The summed E-state index contributed by atoms with van der Waals surface area (Å²) in [5, 5.41) is 3.22. The van der Waals surface area contributed by atoms with Crippen LogP contribution in [0.5, 0.6) is 5.75 Å². The lowest BCUT2D eigenvalue weighted by Crippen LogP contribution is -2.50. The molecule has 1 aliphatic heterocycles. The van der Waals surface area contributed by atoms with Gasteiger partial charge >= 0.3 is 0 Å². The van der Waals surface area contributed by atoms with Crippen LogP contribution in [0.25, 0.3) is 0 Å². The standard InChI is InChI=1S/C14H22N2O3S.ClH/c1-3-19-12-4-6-13(7-5-12)20(17,18)16-14-10-15-9-8-11(14)2;/h4-7,11,14-16H,3,8-10H2,1-2H3;1H. The predicted octanol–water partition coefficient (Wildman–Crippen LogP) is 1.78. The Morgan fingerprint density at radius 1 is 1.33 bits per heavy atom. The molecule has 1 aromatic carbocycles. The first-order valence-corrected chi connectivity index (χ1v) is 8.47. The second-order valence-corrected chi connectivity index (χ2v) is 6.82. The fourth-order valence-electron chi connectivity index (χ4n) is 2.30. The van der Waals surface area contributed by atoms with Crippen molar-refractivity contribution in [3.05, 3.63) is 24.3 Å². The molecule has 1 fully saturated rings. The molecule has 0 saturated carbocycles. The first kappa shape index (κ1) is 18.2. The van der Waals surface area contributed by atoms with Crippen molar-refractivity contribution in [2.24, 2.45) is 5.92 Å². The summed E-state index contributed by atoms with van der Waals surface area (Å²) in [5.74, 6) is 1.02. The van der Waals surface area contributed by atoms with Crippen LogP contribution in [0.3, 0.4) is 0 Å². The topological polar surface area (TPSA) is 67.4 Å². The molecule has 7 heteroatoms. The summed E-state index contributed by atoms with van der Waals surface area (Å²) < 4.78 is 32.8. The van der Waals surface area contributed by atoms with Crippen LogP contribution in [-0.4, -0.2) is 34.2 Å². The summed E-state index contributed by atoms with van der Waals surface area (Å²) in [6.07, 6.45) is 0.983. The molecule has 0 aliphatic carbocycles. The third-order valence-electron chi connectivity index (χ3n) is 3.58. The summed E-state index contributed by atoms with van der Waals surface area (Å²) in [6, 6.07) is 6.46. The van der Waals surface area contributed by atoms with Crippen molar-refractivity contribution in [2.75, 3.05) is 19.7 Å². The van der Waals surface area contributed by atoms with Crippen LogP contribution in [-0.2, 0) is 10.0 Å². The Morgan fingerprint density at radius 3 is 2.57 bits per heavy atom. The molecular formula is C14H23ClN2O3S. The summed E-state index contributed by atoms with van der Waals surface area (Å²) in [5.41, 5.74) is 0. The van der Waals surface area contributed by atoms with Crippen LogP contribution >= 0.6 is 12.4 Å². The van der Waals surface area contributed by atoms with Gasteiger partial charge in [-0.05, 0) is 50.1 Å². The smallest absolute Gasteiger partial charge is 0.240 e. The minimum absolute atomic E-state index is 0. The van der Waals surface area contributed by atoms with Crippen LogP contribution in [0, 0.1) is 5.92 Å². The molecule has 2 atom stereocenters. The van der Waals surface area contributed by atoms with Crippen molar-refractivity contribution in [1.29, 1.82) is 0 Å². The van der Waals surface area contributed by atoms with Gasteiger partial charge in [-0.25, -0.2) is 13.1 Å². The van der Waals surface area contributed by atoms with Crippen LogP contribution in [0.2, 0.25) is 0 Å². The van der Waals surface area contributed by atoms with E-state index in [2.05, 4.69) is 17.0 Å². The third-order valence-corrected chi connectivity index (χ3v) is 5.08.